The summed E-state index contributed by atoms with van der Waals surface area (Å²) in [5.41, 5.74) is 0.670. The van der Waals surface area contributed by atoms with Gasteiger partial charge in [0.15, 0.2) is 0 Å². The first-order valence-corrected chi connectivity index (χ1v) is 6.69. The van der Waals surface area contributed by atoms with Gasteiger partial charge in [0.1, 0.15) is 11.6 Å². The van der Waals surface area contributed by atoms with Gasteiger partial charge < -0.3 is 0 Å². The molecule has 0 N–H and O–H groups in total. The molecule has 0 aromatic heterocycles. The molecule has 1 aromatic rings. The quantitative estimate of drug-likeness (QED) is 0.689. The van der Waals surface area contributed by atoms with E-state index >= 15 is 0 Å². The van der Waals surface area contributed by atoms with Gasteiger partial charge in [0.2, 0.25) is 0 Å². The van der Waals surface area contributed by atoms with E-state index in [4.69, 9.17) is 0 Å². The third kappa shape index (κ3) is 3.03. The maximum atomic E-state index is 13.5. The minimum Gasteiger partial charge on any atom is -0.207 e. The number of alkyl halides is 1. The Kier molecular flexibility index (Phi) is 4.90. The van der Waals surface area contributed by atoms with E-state index in [9.17, 15) is 8.78 Å². The number of rotatable bonds is 5. The maximum Gasteiger partial charge on any atom is 0.129 e. The summed E-state index contributed by atoms with van der Waals surface area (Å²) in [7, 11) is 0. The molecule has 0 aliphatic rings. The number of benzene rings is 1. The monoisotopic (exact) mass is 290 g/mol. The molecule has 0 unspecified atom stereocenters. The molecule has 0 aliphatic carbocycles. The van der Waals surface area contributed by atoms with Crippen molar-refractivity contribution in [1.82, 2.24) is 0 Å². The normalized spacial score (nSPS) is 11.8. The second kappa shape index (κ2) is 5.76. The lowest BCUT2D eigenvalue weighted by Crippen LogP contribution is -2.24. The molecular weight excluding hydrogens is 274 g/mol. The zero-order valence-corrected chi connectivity index (χ0v) is 11.3. The van der Waals surface area contributed by atoms with Crippen LogP contribution in [0.25, 0.3) is 0 Å². The number of hydrogen-bond acceptors (Lipinski definition) is 0. The second-order valence-electron chi connectivity index (χ2n) is 4.25. The lowest BCUT2D eigenvalue weighted by Gasteiger charge is -2.29. The van der Waals surface area contributed by atoms with Crippen LogP contribution in [0.5, 0.6) is 0 Å². The Morgan fingerprint density at radius 3 is 2.25 bits per heavy atom. The molecule has 0 atom stereocenters. The van der Waals surface area contributed by atoms with Crippen LogP contribution in [-0.4, -0.2) is 5.33 Å². The van der Waals surface area contributed by atoms with Gasteiger partial charge >= 0.3 is 0 Å². The van der Waals surface area contributed by atoms with Crippen molar-refractivity contribution in [2.75, 3.05) is 5.33 Å². The van der Waals surface area contributed by atoms with E-state index in [1.165, 1.54) is 6.07 Å². The van der Waals surface area contributed by atoms with E-state index < -0.39 is 11.6 Å². The summed E-state index contributed by atoms with van der Waals surface area (Å²) in [5.74, 6) is -0.953. The summed E-state index contributed by atoms with van der Waals surface area (Å²) >= 11 is 3.49. The lowest BCUT2D eigenvalue weighted by molar-refractivity contribution is 0.302. The minimum atomic E-state index is -0.515. The van der Waals surface area contributed by atoms with Gasteiger partial charge in [-0.1, -0.05) is 35.8 Å². The molecule has 1 rings (SSSR count). The van der Waals surface area contributed by atoms with Gasteiger partial charge in [-0.25, -0.2) is 8.78 Å². The van der Waals surface area contributed by atoms with Crippen LogP contribution < -0.4 is 0 Å². The fourth-order valence-corrected chi connectivity index (χ4v) is 2.80. The zero-order valence-electron chi connectivity index (χ0n) is 9.69. The fourth-order valence-electron chi connectivity index (χ4n) is 1.81. The van der Waals surface area contributed by atoms with E-state index in [-0.39, 0.29) is 5.41 Å². The van der Waals surface area contributed by atoms with Gasteiger partial charge in [0.25, 0.3) is 0 Å². The van der Waals surface area contributed by atoms with E-state index in [0.717, 1.165) is 24.2 Å². The Hall–Kier alpha value is -0.440. The molecule has 0 aliphatic heterocycles. The SMILES string of the molecule is CCC(CC)(CBr)Cc1ccc(F)cc1F. The molecule has 90 valence electrons. The van der Waals surface area contributed by atoms with Gasteiger partial charge in [-0.15, -0.1) is 0 Å². The molecule has 16 heavy (non-hydrogen) atoms. The number of hydrogen-bond donors (Lipinski definition) is 0. The predicted molar refractivity (Wildman–Crippen MR) is 66.9 cm³/mol. The summed E-state index contributed by atoms with van der Waals surface area (Å²) in [4.78, 5) is 0. The Morgan fingerprint density at radius 2 is 1.81 bits per heavy atom. The van der Waals surface area contributed by atoms with Gasteiger partial charge in [-0.05, 0) is 36.3 Å². The predicted octanol–water partition coefficient (Wildman–Crippen LogP) is 4.71. The molecule has 0 bridgehead atoms. The van der Waals surface area contributed by atoms with E-state index in [2.05, 4.69) is 29.8 Å². The van der Waals surface area contributed by atoms with Crippen molar-refractivity contribution < 1.29 is 8.78 Å². The average Bonchev–Trinajstić information content (AvgIpc) is 2.29. The third-order valence-corrected chi connectivity index (χ3v) is 4.55. The Morgan fingerprint density at radius 1 is 1.19 bits per heavy atom. The number of halogens is 3. The molecule has 0 heterocycles. The van der Waals surface area contributed by atoms with Gasteiger partial charge in [0.05, 0.1) is 0 Å². The zero-order chi connectivity index (χ0) is 12.2. The van der Waals surface area contributed by atoms with Crippen molar-refractivity contribution in [3.05, 3.63) is 35.4 Å². The van der Waals surface area contributed by atoms with E-state index in [1.54, 1.807) is 6.07 Å². The molecular formula is C13H17BrF2. The standard InChI is InChI=1S/C13H17BrF2/c1-3-13(4-2,9-14)8-10-5-6-11(15)7-12(10)16/h5-7H,3-4,8-9H2,1-2H3. The van der Waals surface area contributed by atoms with Crippen LogP contribution in [-0.2, 0) is 6.42 Å². The highest BCUT2D eigenvalue weighted by atomic mass is 79.9. The van der Waals surface area contributed by atoms with E-state index in [0.29, 0.717) is 12.0 Å². The topological polar surface area (TPSA) is 0 Å². The average molecular weight is 291 g/mol. The second-order valence-corrected chi connectivity index (χ2v) is 4.81. The van der Waals surface area contributed by atoms with Crippen LogP contribution in [0.4, 0.5) is 8.78 Å². The van der Waals surface area contributed by atoms with Crippen LogP contribution >= 0.6 is 15.9 Å². The van der Waals surface area contributed by atoms with Crippen molar-refractivity contribution >= 4 is 15.9 Å². The highest BCUT2D eigenvalue weighted by Crippen LogP contribution is 2.33. The van der Waals surface area contributed by atoms with Gasteiger partial charge in [-0.3, -0.25) is 0 Å². The fraction of sp³-hybridized carbons (Fsp3) is 0.538. The molecule has 0 amide bonds. The Bertz CT molecular complexity index is 338. The molecule has 0 saturated heterocycles. The first-order chi connectivity index (χ1) is 7.56. The molecule has 0 fully saturated rings. The van der Waals surface area contributed by atoms with Crippen LogP contribution in [0.15, 0.2) is 18.2 Å². The van der Waals surface area contributed by atoms with Crippen molar-refractivity contribution in [3.63, 3.8) is 0 Å². The summed E-state index contributed by atoms with van der Waals surface area (Å²) in [6.07, 6.45) is 2.61. The highest BCUT2D eigenvalue weighted by molar-refractivity contribution is 9.09. The summed E-state index contributed by atoms with van der Waals surface area (Å²) in [5, 5.41) is 0.837. The van der Waals surface area contributed by atoms with Crippen LogP contribution in [0.2, 0.25) is 0 Å². The molecule has 0 saturated carbocycles. The minimum absolute atomic E-state index is 0.0681. The summed E-state index contributed by atoms with van der Waals surface area (Å²) in [6, 6.07) is 3.83. The van der Waals surface area contributed by atoms with Gasteiger partial charge in [-0.2, -0.15) is 0 Å². The van der Waals surface area contributed by atoms with Crippen LogP contribution in [0.1, 0.15) is 32.3 Å². The highest BCUT2D eigenvalue weighted by Gasteiger charge is 2.26. The largest absolute Gasteiger partial charge is 0.207 e. The van der Waals surface area contributed by atoms with Crippen LogP contribution in [0.3, 0.4) is 0 Å². The van der Waals surface area contributed by atoms with Crippen molar-refractivity contribution in [2.24, 2.45) is 5.41 Å². The lowest BCUT2D eigenvalue weighted by atomic mass is 9.79. The third-order valence-electron chi connectivity index (χ3n) is 3.36. The van der Waals surface area contributed by atoms with E-state index in [1.807, 2.05) is 0 Å². The van der Waals surface area contributed by atoms with Crippen LogP contribution in [0, 0.1) is 17.0 Å². The van der Waals surface area contributed by atoms with Crippen molar-refractivity contribution in [3.8, 4) is 0 Å². The summed E-state index contributed by atoms with van der Waals surface area (Å²) < 4.78 is 26.3. The maximum absolute atomic E-state index is 13.5. The molecule has 0 spiro atoms. The van der Waals surface area contributed by atoms with Crippen molar-refractivity contribution in [1.29, 1.82) is 0 Å². The Balaban J connectivity index is 2.93. The summed E-state index contributed by atoms with van der Waals surface area (Å²) in [6.45, 7) is 4.21. The first kappa shape index (κ1) is 13.6. The van der Waals surface area contributed by atoms with Crippen molar-refractivity contribution in [2.45, 2.75) is 33.1 Å². The molecule has 0 radical (unpaired) electrons. The Labute approximate surface area is 104 Å². The molecule has 3 heteroatoms. The smallest absolute Gasteiger partial charge is 0.129 e. The first-order valence-electron chi connectivity index (χ1n) is 5.57. The molecule has 0 nitrogen and oxygen atoms in total. The van der Waals surface area contributed by atoms with Gasteiger partial charge in [0, 0.05) is 11.4 Å². The molecule has 1 aromatic carbocycles.